The largest absolute Gasteiger partial charge is 0.492 e. The summed E-state index contributed by atoms with van der Waals surface area (Å²) in [5.41, 5.74) is 0.933. The monoisotopic (exact) mass is 174 g/mol. The summed E-state index contributed by atoms with van der Waals surface area (Å²) >= 11 is 0. The highest BCUT2D eigenvalue weighted by Crippen LogP contribution is 2.25. The van der Waals surface area contributed by atoms with Gasteiger partial charge in [0.15, 0.2) is 0 Å². The van der Waals surface area contributed by atoms with E-state index < -0.39 is 0 Å². The molecule has 0 radical (unpaired) electrons. The molecule has 3 heteroatoms. The molecule has 1 atom stereocenters. The van der Waals surface area contributed by atoms with Gasteiger partial charge >= 0.3 is 0 Å². The average molecular weight is 174 g/mol. The van der Waals surface area contributed by atoms with Crippen molar-refractivity contribution in [3.63, 3.8) is 0 Å². The number of fused-ring (bicyclic) bond motifs is 1. The fourth-order valence-corrected chi connectivity index (χ4v) is 1.44. The third-order valence-corrected chi connectivity index (χ3v) is 2.07. The summed E-state index contributed by atoms with van der Waals surface area (Å²) in [6.45, 7) is 1.34. The molecule has 0 saturated heterocycles. The first-order valence-corrected chi connectivity index (χ1v) is 4.26. The summed E-state index contributed by atoms with van der Waals surface area (Å²) in [6, 6.07) is 9.62. The molecule has 66 valence electrons. The Labute approximate surface area is 76.9 Å². The number of nitrogens with one attached hydrogen (secondary N) is 1. The van der Waals surface area contributed by atoms with Crippen molar-refractivity contribution in [2.45, 2.75) is 6.04 Å². The van der Waals surface area contributed by atoms with Crippen LogP contribution in [-0.2, 0) is 0 Å². The summed E-state index contributed by atoms with van der Waals surface area (Å²) in [7, 11) is 0. The van der Waals surface area contributed by atoms with Crippen LogP contribution in [0.4, 0.5) is 0 Å². The van der Waals surface area contributed by atoms with Gasteiger partial charge in [-0.2, -0.15) is 5.26 Å². The quantitative estimate of drug-likeness (QED) is 0.643. The van der Waals surface area contributed by atoms with Crippen molar-refractivity contribution in [3.05, 3.63) is 29.8 Å². The highest BCUT2D eigenvalue weighted by atomic mass is 16.5. The maximum absolute atomic E-state index is 8.89. The molecule has 3 nitrogen and oxygen atoms in total. The molecule has 1 unspecified atom stereocenters. The summed E-state index contributed by atoms with van der Waals surface area (Å²) < 4.78 is 5.47. The summed E-state index contributed by atoms with van der Waals surface area (Å²) in [4.78, 5) is 0. The average Bonchev–Trinajstić information content (AvgIpc) is 2.39. The molecule has 0 saturated carbocycles. The van der Waals surface area contributed by atoms with E-state index in [9.17, 15) is 0 Å². The van der Waals surface area contributed by atoms with E-state index in [0.29, 0.717) is 13.2 Å². The third kappa shape index (κ3) is 1.49. The Morgan fingerprint density at radius 2 is 2.31 bits per heavy atom. The first-order chi connectivity index (χ1) is 6.42. The highest BCUT2D eigenvalue weighted by Gasteiger charge is 2.17. The molecular weight excluding hydrogens is 164 g/mol. The van der Waals surface area contributed by atoms with Crippen molar-refractivity contribution in [2.24, 2.45) is 0 Å². The standard InChI is InChI=1S/C10H10N2O/c11-7-9-8-3-1-2-4-10(8)13-6-5-12-9/h1-4,9,12H,5-6H2. The lowest BCUT2D eigenvalue weighted by Gasteiger charge is -2.08. The fourth-order valence-electron chi connectivity index (χ4n) is 1.44. The van der Waals surface area contributed by atoms with Crippen LogP contribution in [-0.4, -0.2) is 13.2 Å². The smallest absolute Gasteiger partial charge is 0.125 e. The molecule has 13 heavy (non-hydrogen) atoms. The maximum atomic E-state index is 8.89. The van der Waals surface area contributed by atoms with Gasteiger partial charge in [0.1, 0.15) is 18.4 Å². The molecule has 0 fully saturated rings. The van der Waals surface area contributed by atoms with Gasteiger partial charge < -0.3 is 4.74 Å². The number of nitriles is 1. The SMILES string of the molecule is N#CC1NCCOc2ccccc21. The van der Waals surface area contributed by atoms with Crippen LogP contribution in [0, 0.1) is 11.3 Å². The van der Waals surface area contributed by atoms with Gasteiger partial charge in [0.2, 0.25) is 0 Å². The Morgan fingerprint density at radius 3 is 3.15 bits per heavy atom. The van der Waals surface area contributed by atoms with Gasteiger partial charge in [-0.15, -0.1) is 0 Å². The van der Waals surface area contributed by atoms with Crippen LogP contribution in [0.1, 0.15) is 11.6 Å². The second-order valence-corrected chi connectivity index (χ2v) is 2.90. The van der Waals surface area contributed by atoms with Gasteiger partial charge in [-0.25, -0.2) is 0 Å². The molecule has 1 aliphatic heterocycles. The first kappa shape index (κ1) is 8.09. The summed E-state index contributed by atoms with van der Waals surface area (Å²) in [6.07, 6.45) is 0. The zero-order valence-corrected chi connectivity index (χ0v) is 7.16. The predicted octanol–water partition coefficient (Wildman–Crippen LogP) is 1.23. The van der Waals surface area contributed by atoms with Crippen LogP contribution in [0.2, 0.25) is 0 Å². The zero-order valence-electron chi connectivity index (χ0n) is 7.16. The maximum Gasteiger partial charge on any atom is 0.125 e. The Balaban J connectivity index is 2.43. The first-order valence-electron chi connectivity index (χ1n) is 4.26. The number of rotatable bonds is 0. The zero-order chi connectivity index (χ0) is 9.10. The fraction of sp³-hybridized carbons (Fsp3) is 0.300. The molecule has 1 aromatic rings. The van der Waals surface area contributed by atoms with Crippen molar-refractivity contribution in [1.29, 1.82) is 5.26 Å². The van der Waals surface area contributed by atoms with Crippen LogP contribution >= 0.6 is 0 Å². The van der Waals surface area contributed by atoms with Gasteiger partial charge in [0.05, 0.1) is 6.07 Å². The second-order valence-electron chi connectivity index (χ2n) is 2.90. The highest BCUT2D eigenvalue weighted by molar-refractivity contribution is 5.39. The van der Waals surface area contributed by atoms with Crippen molar-refractivity contribution in [3.8, 4) is 11.8 Å². The topological polar surface area (TPSA) is 45.0 Å². The number of ether oxygens (including phenoxy) is 1. The lowest BCUT2D eigenvalue weighted by Crippen LogP contribution is -2.21. The minimum absolute atomic E-state index is 0.237. The van der Waals surface area contributed by atoms with Crippen LogP contribution in [0.15, 0.2) is 24.3 Å². The number of hydrogen-bond donors (Lipinski definition) is 1. The molecule has 2 rings (SSSR count). The van der Waals surface area contributed by atoms with E-state index in [0.717, 1.165) is 11.3 Å². The lowest BCUT2D eigenvalue weighted by atomic mass is 10.1. The van der Waals surface area contributed by atoms with Gasteiger partial charge in [-0.05, 0) is 6.07 Å². The number of benzene rings is 1. The Kier molecular flexibility index (Phi) is 2.15. The molecule has 0 aliphatic carbocycles. The number of hydrogen-bond acceptors (Lipinski definition) is 3. The molecule has 0 bridgehead atoms. The molecule has 0 aromatic heterocycles. The van der Waals surface area contributed by atoms with Crippen molar-refractivity contribution >= 4 is 0 Å². The lowest BCUT2D eigenvalue weighted by molar-refractivity contribution is 0.325. The van der Waals surface area contributed by atoms with Gasteiger partial charge in [0.25, 0.3) is 0 Å². The van der Waals surface area contributed by atoms with Crippen molar-refractivity contribution in [2.75, 3.05) is 13.2 Å². The van der Waals surface area contributed by atoms with E-state index in [1.807, 2.05) is 24.3 Å². The van der Waals surface area contributed by atoms with Crippen LogP contribution in [0.25, 0.3) is 0 Å². The van der Waals surface area contributed by atoms with Gasteiger partial charge in [-0.1, -0.05) is 18.2 Å². The Hall–Kier alpha value is -1.53. The van der Waals surface area contributed by atoms with E-state index in [-0.39, 0.29) is 6.04 Å². The molecule has 1 N–H and O–H groups in total. The van der Waals surface area contributed by atoms with Crippen LogP contribution in [0.5, 0.6) is 5.75 Å². The Morgan fingerprint density at radius 1 is 1.46 bits per heavy atom. The summed E-state index contributed by atoms with van der Waals surface area (Å²) in [5, 5.41) is 12.0. The molecule has 1 aromatic carbocycles. The molecule has 1 heterocycles. The van der Waals surface area contributed by atoms with Crippen molar-refractivity contribution < 1.29 is 4.74 Å². The molecular formula is C10H10N2O. The molecule has 0 spiro atoms. The molecule has 1 aliphatic rings. The summed E-state index contributed by atoms with van der Waals surface area (Å²) in [5.74, 6) is 0.819. The van der Waals surface area contributed by atoms with E-state index in [4.69, 9.17) is 10.00 Å². The van der Waals surface area contributed by atoms with Gasteiger partial charge in [0, 0.05) is 12.1 Å². The number of nitrogens with zero attached hydrogens (tertiary/aromatic N) is 1. The molecule has 0 amide bonds. The van der Waals surface area contributed by atoms with E-state index in [2.05, 4.69) is 11.4 Å². The van der Waals surface area contributed by atoms with E-state index >= 15 is 0 Å². The predicted molar refractivity (Wildman–Crippen MR) is 48.3 cm³/mol. The minimum Gasteiger partial charge on any atom is -0.492 e. The van der Waals surface area contributed by atoms with Gasteiger partial charge in [-0.3, -0.25) is 5.32 Å². The van der Waals surface area contributed by atoms with Crippen LogP contribution < -0.4 is 10.1 Å². The van der Waals surface area contributed by atoms with Crippen molar-refractivity contribution in [1.82, 2.24) is 5.32 Å². The second kappa shape index (κ2) is 3.46. The normalized spacial score (nSPS) is 20.7. The van der Waals surface area contributed by atoms with E-state index in [1.165, 1.54) is 0 Å². The Bertz CT molecular complexity index is 343. The third-order valence-electron chi connectivity index (χ3n) is 2.07. The van der Waals surface area contributed by atoms with E-state index in [1.54, 1.807) is 0 Å². The minimum atomic E-state index is -0.237. The number of para-hydroxylation sites is 1. The van der Waals surface area contributed by atoms with Crippen LogP contribution in [0.3, 0.4) is 0 Å².